The Balaban J connectivity index is 1.68. The fourth-order valence-electron chi connectivity index (χ4n) is 3.49. The Morgan fingerprint density at radius 1 is 1.23 bits per heavy atom. The van der Waals surface area contributed by atoms with E-state index in [-0.39, 0.29) is 6.61 Å². The number of rotatable bonds is 3. The van der Waals surface area contributed by atoms with Gasteiger partial charge in [0.05, 0.1) is 16.8 Å². The largest absolute Gasteiger partial charge is 0.457 e. The number of ether oxygens (including phenoxy) is 1. The van der Waals surface area contributed by atoms with Crippen molar-refractivity contribution in [1.29, 1.82) is 0 Å². The van der Waals surface area contributed by atoms with Gasteiger partial charge in [-0.05, 0) is 39.7 Å². The van der Waals surface area contributed by atoms with Crippen molar-refractivity contribution >= 4 is 17.1 Å². The number of aryl methyl sites for hydroxylation is 5. The Morgan fingerprint density at radius 2 is 2.08 bits per heavy atom. The van der Waals surface area contributed by atoms with Crippen molar-refractivity contribution in [3.8, 4) is 0 Å². The first-order valence-corrected chi connectivity index (χ1v) is 9.00. The molecule has 0 amide bonds. The van der Waals surface area contributed by atoms with Crippen LogP contribution >= 0.6 is 0 Å². The molecule has 0 spiro atoms. The van der Waals surface area contributed by atoms with Crippen molar-refractivity contribution in [1.82, 2.24) is 19.7 Å². The lowest BCUT2D eigenvalue weighted by Crippen LogP contribution is -2.08. The van der Waals surface area contributed by atoms with Crippen LogP contribution in [0.4, 0.5) is 0 Å². The van der Waals surface area contributed by atoms with Gasteiger partial charge < -0.3 is 13.8 Å². The van der Waals surface area contributed by atoms with Crippen LogP contribution in [0.15, 0.2) is 10.6 Å². The molecular formula is C19H22N4O3. The smallest absolute Gasteiger partial charge is 0.340 e. The molecule has 0 aliphatic carbocycles. The molecule has 0 atom stereocenters. The second kappa shape index (κ2) is 6.55. The van der Waals surface area contributed by atoms with E-state index < -0.39 is 5.97 Å². The molecule has 7 heteroatoms. The molecule has 4 rings (SSSR count). The first-order chi connectivity index (χ1) is 12.5. The van der Waals surface area contributed by atoms with Gasteiger partial charge in [-0.15, -0.1) is 0 Å². The summed E-state index contributed by atoms with van der Waals surface area (Å²) in [5, 5.41) is 3.89. The first kappa shape index (κ1) is 16.8. The fourth-order valence-corrected chi connectivity index (χ4v) is 3.49. The molecule has 4 heterocycles. The Labute approximate surface area is 151 Å². The maximum Gasteiger partial charge on any atom is 0.340 e. The van der Waals surface area contributed by atoms with Gasteiger partial charge in [0.15, 0.2) is 5.65 Å². The minimum absolute atomic E-state index is 0.135. The third-order valence-corrected chi connectivity index (χ3v) is 4.94. The normalized spacial score (nSPS) is 14.3. The summed E-state index contributed by atoms with van der Waals surface area (Å²) in [6.07, 6.45) is 4.35. The van der Waals surface area contributed by atoms with Gasteiger partial charge in [0.25, 0.3) is 0 Å². The van der Waals surface area contributed by atoms with Crippen LogP contribution in [0, 0.1) is 20.8 Å². The van der Waals surface area contributed by atoms with Crippen LogP contribution < -0.4 is 0 Å². The average Bonchev–Trinajstić information content (AvgIpc) is 3.01. The predicted molar refractivity (Wildman–Crippen MR) is 94.9 cm³/mol. The summed E-state index contributed by atoms with van der Waals surface area (Å²) < 4.78 is 12.8. The number of nitrogens with zero attached hydrogens (tertiary/aromatic N) is 4. The molecule has 1 aliphatic heterocycles. The highest BCUT2D eigenvalue weighted by Crippen LogP contribution is 2.25. The zero-order valence-corrected chi connectivity index (χ0v) is 15.3. The molecule has 7 nitrogen and oxygen atoms in total. The van der Waals surface area contributed by atoms with Crippen LogP contribution in [0.25, 0.3) is 11.2 Å². The second-order valence-corrected chi connectivity index (χ2v) is 6.85. The van der Waals surface area contributed by atoms with Gasteiger partial charge in [0.1, 0.15) is 23.7 Å². The zero-order valence-electron chi connectivity index (χ0n) is 15.3. The van der Waals surface area contributed by atoms with E-state index in [2.05, 4.69) is 14.7 Å². The number of aromatic nitrogens is 4. The maximum absolute atomic E-state index is 12.8. The summed E-state index contributed by atoms with van der Waals surface area (Å²) in [6, 6.07) is 1.75. The first-order valence-electron chi connectivity index (χ1n) is 9.00. The highest BCUT2D eigenvalue weighted by Gasteiger charge is 2.22. The van der Waals surface area contributed by atoms with E-state index in [0.29, 0.717) is 16.8 Å². The minimum Gasteiger partial charge on any atom is -0.457 e. The maximum atomic E-state index is 12.8. The van der Waals surface area contributed by atoms with Crippen LogP contribution in [-0.2, 0) is 24.3 Å². The molecule has 26 heavy (non-hydrogen) atoms. The second-order valence-electron chi connectivity index (χ2n) is 6.85. The third kappa shape index (κ3) is 2.87. The number of carbonyl (C=O) groups is 1. The summed E-state index contributed by atoms with van der Waals surface area (Å²) in [5.41, 5.74) is 4.22. The molecule has 0 saturated heterocycles. The lowest BCUT2D eigenvalue weighted by molar-refractivity contribution is 0.0473. The minimum atomic E-state index is -0.395. The molecule has 136 valence electrons. The highest BCUT2D eigenvalue weighted by atomic mass is 16.5. The van der Waals surface area contributed by atoms with Crippen molar-refractivity contribution in [2.24, 2.45) is 0 Å². The Bertz CT molecular complexity index is 967. The molecular weight excluding hydrogens is 332 g/mol. The van der Waals surface area contributed by atoms with Gasteiger partial charge in [-0.2, -0.15) is 0 Å². The Hall–Kier alpha value is -2.70. The lowest BCUT2D eigenvalue weighted by atomic mass is 10.2. The average molecular weight is 354 g/mol. The number of fused-ring (bicyclic) bond motifs is 3. The van der Waals surface area contributed by atoms with Gasteiger partial charge in [-0.1, -0.05) is 11.6 Å². The van der Waals surface area contributed by atoms with E-state index >= 15 is 0 Å². The fraction of sp³-hybridized carbons (Fsp3) is 0.474. The highest BCUT2D eigenvalue weighted by molar-refractivity contribution is 6.01. The molecule has 0 radical (unpaired) electrons. The molecule has 0 fully saturated rings. The number of pyridine rings is 1. The standard InChI is InChI=1S/C19H22N4O3/c1-11-9-14(19(24)25-10-15-12(2)22-26-13(15)3)17-18(20-11)23-8-6-4-5-7-16(23)21-17/h9H,4-8,10H2,1-3H3. The number of esters is 1. The lowest BCUT2D eigenvalue weighted by Gasteiger charge is -2.07. The molecule has 0 unspecified atom stereocenters. The number of carbonyl (C=O) groups excluding carboxylic acids is 1. The van der Waals surface area contributed by atoms with E-state index in [1.807, 2.05) is 20.8 Å². The third-order valence-electron chi connectivity index (χ3n) is 4.94. The molecule has 0 bridgehead atoms. The SMILES string of the molecule is Cc1cc(C(=O)OCc2c(C)noc2C)c2nc3n(c2n1)CCCCC3. The van der Waals surface area contributed by atoms with Crippen LogP contribution in [0.1, 0.15) is 58.2 Å². The molecule has 3 aromatic heterocycles. The number of hydrogen-bond donors (Lipinski definition) is 0. The van der Waals surface area contributed by atoms with Gasteiger partial charge in [-0.3, -0.25) is 0 Å². The Kier molecular flexibility index (Phi) is 4.22. The van der Waals surface area contributed by atoms with E-state index in [1.54, 1.807) is 6.07 Å². The number of imidazole rings is 1. The van der Waals surface area contributed by atoms with Crippen LogP contribution in [0.5, 0.6) is 0 Å². The topological polar surface area (TPSA) is 83.0 Å². The van der Waals surface area contributed by atoms with Crippen molar-refractivity contribution in [3.05, 3.63) is 40.2 Å². The van der Waals surface area contributed by atoms with Gasteiger partial charge in [-0.25, -0.2) is 14.8 Å². The molecule has 0 saturated carbocycles. The van der Waals surface area contributed by atoms with Gasteiger partial charge >= 0.3 is 5.97 Å². The van der Waals surface area contributed by atoms with Crippen molar-refractivity contribution in [2.45, 2.75) is 59.6 Å². The molecule has 3 aromatic rings. The van der Waals surface area contributed by atoms with E-state index in [1.165, 1.54) is 6.42 Å². The molecule has 1 aliphatic rings. The monoisotopic (exact) mass is 354 g/mol. The van der Waals surface area contributed by atoms with Crippen LogP contribution in [0.3, 0.4) is 0 Å². The van der Waals surface area contributed by atoms with Crippen LogP contribution in [-0.4, -0.2) is 25.7 Å². The summed E-state index contributed by atoms with van der Waals surface area (Å²) in [5.74, 6) is 1.28. The summed E-state index contributed by atoms with van der Waals surface area (Å²) >= 11 is 0. The van der Waals surface area contributed by atoms with Crippen molar-refractivity contribution < 1.29 is 14.1 Å². The zero-order chi connectivity index (χ0) is 18.3. The van der Waals surface area contributed by atoms with Gasteiger partial charge in [0, 0.05) is 18.7 Å². The van der Waals surface area contributed by atoms with Crippen LogP contribution in [0.2, 0.25) is 0 Å². The van der Waals surface area contributed by atoms with E-state index in [9.17, 15) is 4.79 Å². The predicted octanol–water partition coefficient (Wildman–Crippen LogP) is 3.43. The molecule has 0 N–H and O–H groups in total. The summed E-state index contributed by atoms with van der Waals surface area (Å²) in [6.45, 7) is 6.57. The Morgan fingerprint density at radius 3 is 2.85 bits per heavy atom. The summed E-state index contributed by atoms with van der Waals surface area (Å²) in [4.78, 5) is 22.1. The number of hydrogen-bond acceptors (Lipinski definition) is 6. The quantitative estimate of drug-likeness (QED) is 0.670. The van der Waals surface area contributed by atoms with E-state index in [4.69, 9.17) is 14.2 Å². The van der Waals surface area contributed by atoms with E-state index in [0.717, 1.165) is 54.2 Å². The van der Waals surface area contributed by atoms with Crippen molar-refractivity contribution in [3.63, 3.8) is 0 Å². The van der Waals surface area contributed by atoms with Crippen molar-refractivity contribution in [2.75, 3.05) is 0 Å². The summed E-state index contributed by atoms with van der Waals surface area (Å²) in [7, 11) is 0. The van der Waals surface area contributed by atoms with Gasteiger partial charge in [0.2, 0.25) is 0 Å². The molecule has 0 aromatic carbocycles.